The molecule has 0 radical (unpaired) electrons. The lowest BCUT2D eigenvalue weighted by atomic mass is 9.88. The van der Waals surface area contributed by atoms with Crippen LogP contribution in [0.15, 0.2) is 0 Å². The zero-order chi connectivity index (χ0) is 12.1. The topological polar surface area (TPSA) is 87.7 Å². The zero-order valence-electron chi connectivity index (χ0n) is 9.58. The van der Waals surface area contributed by atoms with Crippen LogP contribution in [0.4, 0.5) is 0 Å². The summed E-state index contributed by atoms with van der Waals surface area (Å²) >= 11 is 0. The summed E-state index contributed by atoms with van der Waals surface area (Å²) in [5.41, 5.74) is 0. The molecule has 1 rings (SSSR count). The Kier molecular flexibility index (Phi) is 5.16. The van der Waals surface area contributed by atoms with E-state index in [9.17, 15) is 15.3 Å². The molecule has 0 aromatic carbocycles. The average molecular weight is 228 g/mol. The van der Waals surface area contributed by atoms with Crippen molar-refractivity contribution in [3.05, 3.63) is 0 Å². The minimum atomic E-state index is -1.06. The number of unbranched alkanes of at least 4 members (excludes halogenated alkanes) is 1. The molecule has 1 aliphatic rings. The number of hydrogen-bond donors (Lipinski definition) is 3. The van der Waals surface area contributed by atoms with Gasteiger partial charge in [-0.05, 0) is 13.0 Å². The number of hydrogen-bond acceptors (Lipinski definition) is 5. The predicted molar refractivity (Wildman–Crippen MR) is 58.5 cm³/mol. The summed E-state index contributed by atoms with van der Waals surface area (Å²) in [7, 11) is 0. The molecule has 1 fully saturated rings. The molecule has 0 unspecified atom stereocenters. The maximum Gasteiger partial charge on any atom is 0.0989 e. The molecule has 1 heterocycles. The van der Waals surface area contributed by atoms with Crippen LogP contribution in [0.3, 0.4) is 0 Å². The molecule has 92 valence electrons. The maximum absolute atomic E-state index is 9.81. The van der Waals surface area contributed by atoms with E-state index in [4.69, 9.17) is 5.26 Å². The van der Waals surface area contributed by atoms with Gasteiger partial charge in [-0.2, -0.15) is 5.26 Å². The minimum absolute atomic E-state index is 0.194. The average Bonchev–Trinajstić information content (AvgIpc) is 2.30. The molecule has 16 heavy (non-hydrogen) atoms. The van der Waals surface area contributed by atoms with Crippen molar-refractivity contribution in [2.24, 2.45) is 5.92 Å². The van der Waals surface area contributed by atoms with Gasteiger partial charge in [0.2, 0.25) is 0 Å². The predicted octanol–water partition coefficient (Wildman–Crippen LogP) is -0.675. The molecule has 3 N–H and O–H groups in total. The Bertz CT molecular complexity index is 254. The third kappa shape index (κ3) is 2.71. The standard InChI is InChI=1S/C11H20N2O3/c1-2-3-4-13-6-8(5-12)10(15)11(16)9(13)7-14/h8-11,14-16H,2-4,6-7H2,1H3/t8-,9+,10+,11+/m0/s1. The second-order valence-electron chi connectivity index (χ2n) is 4.32. The van der Waals surface area contributed by atoms with Crippen LogP contribution in [-0.2, 0) is 0 Å². The van der Waals surface area contributed by atoms with Crippen molar-refractivity contribution in [2.45, 2.75) is 38.0 Å². The van der Waals surface area contributed by atoms with Crippen LogP contribution in [0.5, 0.6) is 0 Å². The van der Waals surface area contributed by atoms with Crippen LogP contribution in [0.2, 0.25) is 0 Å². The summed E-state index contributed by atoms with van der Waals surface area (Å²) in [5.74, 6) is -0.574. The van der Waals surface area contributed by atoms with Crippen molar-refractivity contribution < 1.29 is 15.3 Å². The smallest absolute Gasteiger partial charge is 0.0989 e. The molecule has 4 atom stereocenters. The Hall–Kier alpha value is -0.670. The highest BCUT2D eigenvalue weighted by Crippen LogP contribution is 2.23. The summed E-state index contributed by atoms with van der Waals surface area (Å²) in [6.07, 6.45) is -0.123. The van der Waals surface area contributed by atoms with Crippen molar-refractivity contribution in [3.63, 3.8) is 0 Å². The molecule has 1 aliphatic heterocycles. The van der Waals surface area contributed by atoms with Crippen LogP contribution in [0.25, 0.3) is 0 Å². The number of aliphatic hydroxyl groups excluding tert-OH is 3. The Labute approximate surface area is 95.9 Å². The second kappa shape index (κ2) is 6.16. The lowest BCUT2D eigenvalue weighted by molar-refractivity contribution is -0.107. The van der Waals surface area contributed by atoms with Gasteiger partial charge in [0.1, 0.15) is 0 Å². The Morgan fingerprint density at radius 1 is 1.38 bits per heavy atom. The molecule has 0 aromatic heterocycles. The third-order valence-corrected chi connectivity index (χ3v) is 3.21. The van der Waals surface area contributed by atoms with Gasteiger partial charge in [0.15, 0.2) is 0 Å². The molecule has 1 saturated heterocycles. The molecule has 0 amide bonds. The SMILES string of the molecule is CCCCN1C[C@H](C#N)[C@@H](O)[C@H](O)[C@H]1CO. The Balaban J connectivity index is 2.70. The molecule has 0 bridgehead atoms. The molecule has 0 aliphatic carbocycles. The van der Waals surface area contributed by atoms with Gasteiger partial charge in [-0.15, -0.1) is 0 Å². The van der Waals surface area contributed by atoms with Crippen molar-refractivity contribution in [2.75, 3.05) is 19.7 Å². The minimum Gasteiger partial charge on any atom is -0.395 e. The molecular formula is C11H20N2O3. The monoisotopic (exact) mass is 228 g/mol. The fourth-order valence-electron chi connectivity index (χ4n) is 2.14. The van der Waals surface area contributed by atoms with Crippen molar-refractivity contribution >= 4 is 0 Å². The zero-order valence-corrected chi connectivity index (χ0v) is 9.58. The second-order valence-corrected chi connectivity index (χ2v) is 4.32. The van der Waals surface area contributed by atoms with E-state index in [0.717, 1.165) is 19.4 Å². The van der Waals surface area contributed by atoms with E-state index in [2.05, 4.69) is 6.92 Å². The molecule has 0 saturated carbocycles. The Morgan fingerprint density at radius 2 is 2.06 bits per heavy atom. The third-order valence-electron chi connectivity index (χ3n) is 3.21. The highest BCUT2D eigenvalue weighted by molar-refractivity contribution is 5.01. The Morgan fingerprint density at radius 3 is 2.56 bits per heavy atom. The van der Waals surface area contributed by atoms with Crippen LogP contribution in [0.1, 0.15) is 19.8 Å². The van der Waals surface area contributed by atoms with Crippen molar-refractivity contribution in [1.82, 2.24) is 4.90 Å². The normalized spacial score (nSPS) is 35.9. The van der Waals surface area contributed by atoms with Gasteiger partial charge in [-0.3, -0.25) is 4.90 Å². The summed E-state index contributed by atoms with van der Waals surface area (Å²) < 4.78 is 0. The number of rotatable bonds is 4. The van der Waals surface area contributed by atoms with E-state index >= 15 is 0 Å². The summed E-state index contributed by atoms with van der Waals surface area (Å²) in [6.45, 7) is 3.02. The van der Waals surface area contributed by atoms with Gasteiger partial charge in [-0.1, -0.05) is 13.3 Å². The van der Waals surface area contributed by atoms with Crippen LogP contribution in [0, 0.1) is 17.2 Å². The fraction of sp³-hybridized carbons (Fsp3) is 0.909. The molecule has 5 heteroatoms. The van der Waals surface area contributed by atoms with E-state index in [1.54, 1.807) is 0 Å². The summed E-state index contributed by atoms with van der Waals surface area (Å²) in [6, 6.07) is 1.55. The fourth-order valence-corrected chi connectivity index (χ4v) is 2.14. The van der Waals surface area contributed by atoms with Crippen LogP contribution < -0.4 is 0 Å². The number of nitriles is 1. The van der Waals surface area contributed by atoms with Crippen molar-refractivity contribution in [1.29, 1.82) is 5.26 Å². The lowest BCUT2D eigenvalue weighted by Gasteiger charge is -2.42. The highest BCUT2D eigenvalue weighted by atomic mass is 16.3. The molecular weight excluding hydrogens is 208 g/mol. The summed E-state index contributed by atoms with van der Waals surface area (Å²) in [5, 5.41) is 37.6. The first-order valence-corrected chi connectivity index (χ1v) is 5.76. The highest BCUT2D eigenvalue weighted by Gasteiger charge is 2.41. The van der Waals surface area contributed by atoms with Gasteiger partial charge in [0.25, 0.3) is 0 Å². The van der Waals surface area contributed by atoms with E-state index in [0.29, 0.717) is 6.54 Å². The molecule has 0 spiro atoms. The van der Waals surface area contributed by atoms with Gasteiger partial charge >= 0.3 is 0 Å². The number of likely N-dealkylation sites (tertiary alicyclic amines) is 1. The summed E-state index contributed by atoms with van der Waals surface area (Å²) in [4.78, 5) is 1.90. The van der Waals surface area contributed by atoms with Crippen molar-refractivity contribution in [3.8, 4) is 6.07 Å². The first kappa shape index (κ1) is 13.4. The lowest BCUT2D eigenvalue weighted by Crippen LogP contribution is -2.60. The first-order chi connectivity index (χ1) is 7.65. The van der Waals surface area contributed by atoms with Gasteiger partial charge in [0.05, 0.1) is 36.8 Å². The van der Waals surface area contributed by atoms with Gasteiger partial charge in [0, 0.05) is 6.54 Å². The number of piperidine rings is 1. The van der Waals surface area contributed by atoms with E-state index < -0.39 is 24.2 Å². The number of nitrogens with zero attached hydrogens (tertiary/aromatic N) is 2. The van der Waals surface area contributed by atoms with Crippen LogP contribution >= 0.6 is 0 Å². The first-order valence-electron chi connectivity index (χ1n) is 5.76. The maximum atomic E-state index is 9.81. The van der Waals surface area contributed by atoms with Crippen LogP contribution in [-0.4, -0.2) is 58.2 Å². The van der Waals surface area contributed by atoms with Gasteiger partial charge in [-0.25, -0.2) is 0 Å². The molecule has 5 nitrogen and oxygen atoms in total. The quantitative estimate of drug-likeness (QED) is 0.593. The van der Waals surface area contributed by atoms with Gasteiger partial charge < -0.3 is 15.3 Å². The molecule has 0 aromatic rings. The van der Waals surface area contributed by atoms with E-state index in [1.807, 2.05) is 11.0 Å². The number of aliphatic hydroxyl groups is 3. The van der Waals surface area contributed by atoms with E-state index in [-0.39, 0.29) is 6.61 Å². The largest absolute Gasteiger partial charge is 0.395 e. The van der Waals surface area contributed by atoms with E-state index in [1.165, 1.54) is 0 Å².